The van der Waals surface area contributed by atoms with Gasteiger partial charge in [0.1, 0.15) is 0 Å². The van der Waals surface area contributed by atoms with E-state index in [2.05, 4.69) is 0 Å². The Balaban J connectivity index is 0. The Hall–Kier alpha value is -1.14. The molecule has 0 aliphatic rings. The number of rotatable bonds is 8. The minimum Gasteiger partial charge on any atom is -0.466 e. The molecule has 0 amide bonds. The molecule has 6 heteroatoms. The van der Waals surface area contributed by atoms with Crippen LogP contribution in [0.3, 0.4) is 0 Å². The van der Waals surface area contributed by atoms with Gasteiger partial charge in [0.05, 0.1) is 24.9 Å². The Morgan fingerprint density at radius 3 is 1.86 bits per heavy atom. The van der Waals surface area contributed by atoms with Gasteiger partial charge >= 0.3 is 11.9 Å². The third kappa shape index (κ3) is 18.9. The van der Waals surface area contributed by atoms with Crippen LogP contribution < -0.4 is 0 Å². The molecule has 0 aliphatic heterocycles. The second-order valence-electron chi connectivity index (χ2n) is 5.23. The van der Waals surface area contributed by atoms with Crippen molar-refractivity contribution in [1.29, 1.82) is 0 Å². The van der Waals surface area contributed by atoms with Crippen LogP contribution in [-0.4, -0.2) is 51.1 Å². The van der Waals surface area contributed by atoms with Crippen LogP contribution in [0.5, 0.6) is 0 Å². The first-order valence-electron chi connectivity index (χ1n) is 6.99. The van der Waals surface area contributed by atoms with Gasteiger partial charge in [-0.1, -0.05) is 0 Å². The molecule has 1 atom stereocenters. The summed E-state index contributed by atoms with van der Waals surface area (Å²) in [6, 6.07) is 0. The number of hydrogen-bond acceptors (Lipinski definition) is 6. The minimum atomic E-state index is -0.239. The van der Waals surface area contributed by atoms with Gasteiger partial charge in [-0.15, -0.1) is 0 Å². The second kappa shape index (κ2) is 12.6. The summed E-state index contributed by atoms with van der Waals surface area (Å²) in [6.07, 6.45) is 1.65. The number of esters is 2. The third-order valence-corrected chi connectivity index (χ3v) is 2.79. The summed E-state index contributed by atoms with van der Waals surface area (Å²) < 4.78 is 19.5. The monoisotopic (exact) mass is 306 g/mol. The van der Waals surface area contributed by atoms with E-state index in [0.29, 0.717) is 13.2 Å². The first kappa shape index (κ1) is 22.1. The fraction of sp³-hybridized carbons (Fsp3) is 0.867. The van der Waals surface area contributed by atoms with Crippen LogP contribution in [0.4, 0.5) is 0 Å². The van der Waals surface area contributed by atoms with Crippen molar-refractivity contribution in [2.75, 3.05) is 27.4 Å². The molecule has 0 aromatic heterocycles. The van der Waals surface area contributed by atoms with E-state index in [0.717, 1.165) is 12.8 Å². The molecular weight excluding hydrogens is 276 g/mol. The molecule has 6 nitrogen and oxygen atoms in total. The van der Waals surface area contributed by atoms with Gasteiger partial charge in [-0.05, 0) is 20.8 Å². The van der Waals surface area contributed by atoms with Crippen molar-refractivity contribution in [3.05, 3.63) is 0 Å². The Morgan fingerprint density at radius 2 is 1.48 bits per heavy atom. The Bertz CT molecular complexity index is 288. The summed E-state index contributed by atoms with van der Waals surface area (Å²) in [6.45, 7) is 9.52. The van der Waals surface area contributed by atoms with Crippen LogP contribution in [-0.2, 0) is 28.5 Å². The van der Waals surface area contributed by atoms with E-state index in [1.807, 2.05) is 20.8 Å². The minimum absolute atomic E-state index is 0.166. The quantitative estimate of drug-likeness (QED) is 0.641. The number of carbonyl (C=O) groups is 2. The lowest BCUT2D eigenvalue weighted by Gasteiger charge is -2.21. The molecule has 0 aliphatic carbocycles. The molecular formula is C15H30O6. The van der Waals surface area contributed by atoms with E-state index in [4.69, 9.17) is 18.9 Å². The topological polar surface area (TPSA) is 71.1 Å². The van der Waals surface area contributed by atoms with Crippen molar-refractivity contribution in [1.82, 2.24) is 0 Å². The van der Waals surface area contributed by atoms with Gasteiger partial charge in [-0.2, -0.15) is 0 Å². The maximum atomic E-state index is 10.4. The van der Waals surface area contributed by atoms with Crippen LogP contribution in [0.25, 0.3) is 0 Å². The maximum absolute atomic E-state index is 10.4. The van der Waals surface area contributed by atoms with Crippen LogP contribution >= 0.6 is 0 Å². The number of methoxy groups -OCH3 is 2. The average Bonchev–Trinajstić information content (AvgIpc) is 2.38. The van der Waals surface area contributed by atoms with Crippen LogP contribution in [0.15, 0.2) is 0 Å². The summed E-state index contributed by atoms with van der Waals surface area (Å²) in [5.41, 5.74) is -0.199. The predicted octanol–water partition coefficient (Wildman–Crippen LogP) is 2.34. The fourth-order valence-corrected chi connectivity index (χ4v) is 1.03. The molecule has 1 unspecified atom stereocenters. The first-order chi connectivity index (χ1) is 9.64. The van der Waals surface area contributed by atoms with Gasteiger partial charge < -0.3 is 18.9 Å². The molecule has 0 rings (SSSR count). The van der Waals surface area contributed by atoms with Crippen LogP contribution in [0.1, 0.15) is 47.5 Å². The predicted molar refractivity (Wildman–Crippen MR) is 80.1 cm³/mol. The molecule has 0 spiro atoms. The molecule has 0 saturated heterocycles. The van der Waals surface area contributed by atoms with Crippen LogP contribution in [0, 0.1) is 0 Å². The molecule has 0 saturated carbocycles. The Morgan fingerprint density at radius 1 is 1.00 bits per heavy atom. The van der Waals surface area contributed by atoms with Gasteiger partial charge in [-0.25, -0.2) is 0 Å². The van der Waals surface area contributed by atoms with Gasteiger partial charge in [0.15, 0.2) is 0 Å². The summed E-state index contributed by atoms with van der Waals surface area (Å²) in [5.74, 6) is -0.472. The summed E-state index contributed by atoms with van der Waals surface area (Å²) in [4.78, 5) is 20.6. The van der Waals surface area contributed by atoms with Crippen molar-refractivity contribution in [2.24, 2.45) is 0 Å². The lowest BCUT2D eigenvalue weighted by atomic mass is 10.1. The number of hydrogen-bond donors (Lipinski definition) is 0. The van der Waals surface area contributed by atoms with E-state index in [-0.39, 0.29) is 23.6 Å². The van der Waals surface area contributed by atoms with E-state index >= 15 is 0 Å². The maximum Gasteiger partial charge on any atom is 0.302 e. The van der Waals surface area contributed by atoms with Crippen LogP contribution in [0.2, 0.25) is 0 Å². The molecule has 0 aromatic carbocycles. The summed E-state index contributed by atoms with van der Waals surface area (Å²) in [7, 11) is 3.28. The van der Waals surface area contributed by atoms with Crippen molar-refractivity contribution in [2.45, 2.75) is 59.2 Å². The molecule has 0 fully saturated rings. The molecule has 126 valence electrons. The highest BCUT2D eigenvalue weighted by molar-refractivity contribution is 5.66. The molecule has 0 bridgehead atoms. The fourth-order valence-electron chi connectivity index (χ4n) is 1.03. The molecule has 0 N–H and O–H groups in total. The molecule has 0 radical (unpaired) electrons. The van der Waals surface area contributed by atoms with E-state index in [1.165, 1.54) is 13.8 Å². The van der Waals surface area contributed by atoms with Gasteiger partial charge in [0.2, 0.25) is 0 Å². The normalized spacial score (nSPS) is 12.0. The zero-order chi connectivity index (χ0) is 16.9. The van der Waals surface area contributed by atoms with Gasteiger partial charge in [-0.3, -0.25) is 9.59 Å². The highest BCUT2D eigenvalue weighted by Gasteiger charge is 2.15. The van der Waals surface area contributed by atoms with E-state index in [1.54, 1.807) is 14.2 Å². The highest BCUT2D eigenvalue weighted by atomic mass is 16.5. The molecule has 0 heterocycles. The number of carbonyl (C=O) groups excluding carboxylic acids is 2. The van der Waals surface area contributed by atoms with Gasteiger partial charge in [0.25, 0.3) is 0 Å². The lowest BCUT2D eigenvalue weighted by molar-refractivity contribution is -0.143. The standard InChI is InChI=1S/C8H16O3.C7H14O3/c1-7(9)11-6-5-8(2,3)10-4;1-6(9-3)4-5-10-7(2)8/h5-6H2,1-4H3;6H,4-5H2,1-3H3. The van der Waals surface area contributed by atoms with Gasteiger partial charge in [0, 0.05) is 40.9 Å². The molecule has 0 aromatic rings. The van der Waals surface area contributed by atoms with Crippen molar-refractivity contribution in [3.8, 4) is 0 Å². The van der Waals surface area contributed by atoms with Crippen molar-refractivity contribution in [3.63, 3.8) is 0 Å². The number of ether oxygens (including phenoxy) is 4. The zero-order valence-electron chi connectivity index (χ0n) is 14.4. The average molecular weight is 306 g/mol. The summed E-state index contributed by atoms with van der Waals surface area (Å²) >= 11 is 0. The largest absolute Gasteiger partial charge is 0.466 e. The third-order valence-electron chi connectivity index (χ3n) is 2.79. The molecule has 21 heavy (non-hydrogen) atoms. The van der Waals surface area contributed by atoms with E-state index in [9.17, 15) is 9.59 Å². The SMILES string of the molecule is COC(C)(C)CCOC(C)=O.COC(C)CCOC(C)=O. The Labute approximate surface area is 128 Å². The first-order valence-corrected chi connectivity index (χ1v) is 6.99. The van der Waals surface area contributed by atoms with E-state index < -0.39 is 0 Å². The lowest BCUT2D eigenvalue weighted by Crippen LogP contribution is -2.24. The smallest absolute Gasteiger partial charge is 0.302 e. The highest BCUT2D eigenvalue weighted by Crippen LogP contribution is 2.12. The summed E-state index contributed by atoms with van der Waals surface area (Å²) in [5, 5.41) is 0. The Kier molecular flexibility index (Phi) is 13.3. The zero-order valence-corrected chi connectivity index (χ0v) is 14.4. The van der Waals surface area contributed by atoms with Crippen molar-refractivity contribution >= 4 is 11.9 Å². The van der Waals surface area contributed by atoms with Crippen molar-refractivity contribution < 1.29 is 28.5 Å². The second-order valence-corrected chi connectivity index (χ2v) is 5.23.